The topological polar surface area (TPSA) is 63.2 Å². The van der Waals surface area contributed by atoms with E-state index >= 15 is 0 Å². The van der Waals surface area contributed by atoms with Gasteiger partial charge in [0.05, 0.1) is 11.9 Å². The van der Waals surface area contributed by atoms with E-state index in [1.165, 1.54) is 0 Å². The third-order valence-electron chi connectivity index (χ3n) is 3.49. The largest absolute Gasteiger partial charge is 0.444 e. The Hall–Kier alpha value is -1.49. The molecule has 2 rings (SSSR count). The van der Waals surface area contributed by atoms with E-state index in [0.29, 0.717) is 11.2 Å². The minimum Gasteiger partial charge on any atom is -0.444 e. The van der Waals surface area contributed by atoms with Crippen molar-refractivity contribution in [3.8, 4) is 0 Å². The van der Waals surface area contributed by atoms with Crippen LogP contribution in [0.2, 0.25) is 5.15 Å². The van der Waals surface area contributed by atoms with Crippen molar-refractivity contribution in [3.63, 3.8) is 0 Å². The smallest absolute Gasteiger partial charge is 0.407 e. The van der Waals surface area contributed by atoms with Crippen LogP contribution in [0.25, 0.3) is 0 Å². The standard InChI is InChI=1S/C16H24ClN3O2/c1-16(2,3)22-15(21)20-12-6-4-5-11(9-12)19-13-7-8-14(17)18-10-13/h7-8,10-12,19H,4-6,9H2,1-3H3,(H,20,21). The van der Waals surface area contributed by atoms with Crippen molar-refractivity contribution in [2.75, 3.05) is 5.32 Å². The zero-order valence-electron chi connectivity index (χ0n) is 13.4. The second kappa shape index (κ2) is 7.18. The first-order valence-electron chi connectivity index (χ1n) is 7.69. The van der Waals surface area contributed by atoms with Gasteiger partial charge >= 0.3 is 6.09 Å². The first-order valence-corrected chi connectivity index (χ1v) is 8.07. The molecule has 1 fully saturated rings. The summed E-state index contributed by atoms with van der Waals surface area (Å²) in [6, 6.07) is 4.14. The van der Waals surface area contributed by atoms with Crippen molar-refractivity contribution < 1.29 is 9.53 Å². The van der Waals surface area contributed by atoms with E-state index in [1.807, 2.05) is 26.8 Å². The van der Waals surface area contributed by atoms with Crippen LogP contribution in [0.4, 0.5) is 10.5 Å². The first kappa shape index (κ1) is 16.9. The van der Waals surface area contributed by atoms with E-state index < -0.39 is 5.60 Å². The fourth-order valence-corrected chi connectivity index (χ4v) is 2.73. The number of ether oxygens (including phenoxy) is 1. The second-order valence-electron chi connectivity index (χ2n) is 6.72. The summed E-state index contributed by atoms with van der Waals surface area (Å²) in [5.41, 5.74) is 0.484. The molecule has 1 aliphatic rings. The van der Waals surface area contributed by atoms with Crippen LogP contribution in [-0.4, -0.2) is 28.8 Å². The van der Waals surface area contributed by atoms with Crippen LogP contribution in [0.5, 0.6) is 0 Å². The molecule has 22 heavy (non-hydrogen) atoms. The number of hydrogen-bond acceptors (Lipinski definition) is 4. The van der Waals surface area contributed by atoms with Crippen LogP contribution in [-0.2, 0) is 4.74 Å². The molecule has 1 amide bonds. The third kappa shape index (κ3) is 5.72. The number of aromatic nitrogens is 1. The van der Waals surface area contributed by atoms with Crippen molar-refractivity contribution >= 4 is 23.4 Å². The third-order valence-corrected chi connectivity index (χ3v) is 3.72. The number of alkyl carbamates (subject to hydrolysis) is 1. The van der Waals surface area contributed by atoms with E-state index in [2.05, 4.69) is 15.6 Å². The number of amides is 1. The van der Waals surface area contributed by atoms with Crippen molar-refractivity contribution in [1.29, 1.82) is 0 Å². The zero-order chi connectivity index (χ0) is 16.2. The Morgan fingerprint density at radius 1 is 1.32 bits per heavy atom. The molecule has 6 heteroatoms. The van der Waals surface area contributed by atoms with Gasteiger partial charge in [-0.2, -0.15) is 0 Å². The number of nitrogens with zero attached hydrogens (tertiary/aromatic N) is 1. The highest BCUT2D eigenvalue weighted by Gasteiger charge is 2.25. The van der Waals surface area contributed by atoms with Crippen molar-refractivity contribution in [2.45, 2.75) is 64.1 Å². The summed E-state index contributed by atoms with van der Waals surface area (Å²) in [5, 5.41) is 6.89. The van der Waals surface area contributed by atoms with Crippen LogP contribution in [0.15, 0.2) is 18.3 Å². The van der Waals surface area contributed by atoms with Crippen molar-refractivity contribution in [1.82, 2.24) is 10.3 Å². The summed E-state index contributed by atoms with van der Waals surface area (Å²) in [7, 11) is 0. The van der Waals surface area contributed by atoms with Gasteiger partial charge in [0.2, 0.25) is 0 Å². The number of nitrogens with one attached hydrogen (secondary N) is 2. The molecule has 5 nitrogen and oxygen atoms in total. The Kier molecular flexibility index (Phi) is 5.51. The number of rotatable bonds is 3. The summed E-state index contributed by atoms with van der Waals surface area (Å²) in [4.78, 5) is 15.9. The number of pyridine rings is 1. The molecule has 1 aliphatic carbocycles. The van der Waals surface area contributed by atoms with Crippen LogP contribution >= 0.6 is 11.6 Å². The predicted molar refractivity (Wildman–Crippen MR) is 88.3 cm³/mol. The maximum atomic E-state index is 11.9. The Balaban J connectivity index is 1.83. The molecule has 2 unspecified atom stereocenters. The number of anilines is 1. The molecule has 1 saturated carbocycles. The van der Waals surface area contributed by atoms with Crippen LogP contribution < -0.4 is 10.6 Å². The molecule has 0 bridgehead atoms. The molecular weight excluding hydrogens is 302 g/mol. The maximum Gasteiger partial charge on any atom is 0.407 e. The van der Waals surface area contributed by atoms with Gasteiger partial charge in [-0.1, -0.05) is 11.6 Å². The zero-order valence-corrected chi connectivity index (χ0v) is 14.1. The van der Waals surface area contributed by atoms with E-state index in [-0.39, 0.29) is 12.1 Å². The number of carbonyl (C=O) groups is 1. The molecule has 1 heterocycles. The number of carbonyl (C=O) groups excluding carboxylic acids is 1. The van der Waals surface area contributed by atoms with Crippen LogP contribution in [0.3, 0.4) is 0 Å². The lowest BCUT2D eigenvalue weighted by atomic mass is 9.91. The lowest BCUT2D eigenvalue weighted by molar-refractivity contribution is 0.0492. The van der Waals surface area contributed by atoms with Crippen LogP contribution in [0, 0.1) is 0 Å². The van der Waals surface area contributed by atoms with E-state index in [4.69, 9.17) is 16.3 Å². The fourth-order valence-electron chi connectivity index (χ4n) is 2.62. The first-order chi connectivity index (χ1) is 10.3. The SMILES string of the molecule is CC(C)(C)OC(=O)NC1CCCC(Nc2ccc(Cl)nc2)C1. The van der Waals surface area contributed by atoms with Crippen molar-refractivity contribution in [3.05, 3.63) is 23.5 Å². The Morgan fingerprint density at radius 2 is 2.05 bits per heavy atom. The summed E-state index contributed by atoms with van der Waals surface area (Å²) in [5.74, 6) is 0. The molecule has 0 radical (unpaired) electrons. The van der Waals surface area contributed by atoms with E-state index in [9.17, 15) is 4.79 Å². The molecule has 0 aliphatic heterocycles. The summed E-state index contributed by atoms with van der Waals surface area (Å²) in [6.07, 6.45) is 5.39. The van der Waals surface area contributed by atoms with E-state index in [1.54, 1.807) is 12.3 Å². The summed E-state index contributed by atoms with van der Waals surface area (Å²) >= 11 is 5.79. The molecular formula is C16H24ClN3O2. The lowest BCUT2D eigenvalue weighted by Gasteiger charge is -2.31. The second-order valence-corrected chi connectivity index (χ2v) is 7.11. The van der Waals surface area contributed by atoms with Gasteiger partial charge in [-0.3, -0.25) is 0 Å². The Labute approximate surface area is 136 Å². The quantitative estimate of drug-likeness (QED) is 0.825. The van der Waals surface area contributed by atoms with Gasteiger partial charge in [0, 0.05) is 12.1 Å². The van der Waals surface area contributed by atoms with Gasteiger partial charge in [0.25, 0.3) is 0 Å². The van der Waals surface area contributed by atoms with Crippen LogP contribution in [0.1, 0.15) is 46.5 Å². The molecule has 1 aromatic heterocycles. The minimum atomic E-state index is -0.467. The van der Waals surface area contributed by atoms with Gasteiger partial charge in [-0.15, -0.1) is 0 Å². The highest BCUT2D eigenvalue weighted by molar-refractivity contribution is 6.29. The summed E-state index contributed by atoms with van der Waals surface area (Å²) in [6.45, 7) is 5.60. The average Bonchev–Trinajstić information content (AvgIpc) is 2.39. The molecule has 0 aromatic carbocycles. The highest BCUT2D eigenvalue weighted by Crippen LogP contribution is 2.23. The number of halogens is 1. The molecule has 2 atom stereocenters. The highest BCUT2D eigenvalue weighted by atomic mass is 35.5. The summed E-state index contributed by atoms with van der Waals surface area (Å²) < 4.78 is 5.31. The van der Waals surface area contributed by atoms with Gasteiger partial charge < -0.3 is 15.4 Å². The maximum absolute atomic E-state index is 11.9. The predicted octanol–water partition coefficient (Wildman–Crippen LogP) is 3.98. The Morgan fingerprint density at radius 3 is 2.68 bits per heavy atom. The molecule has 1 aromatic rings. The van der Waals surface area contributed by atoms with Gasteiger partial charge in [0.1, 0.15) is 10.8 Å². The number of hydrogen-bond donors (Lipinski definition) is 2. The molecule has 0 spiro atoms. The van der Waals surface area contributed by atoms with Gasteiger partial charge in [-0.25, -0.2) is 9.78 Å². The van der Waals surface area contributed by atoms with Gasteiger partial charge in [0.15, 0.2) is 0 Å². The average molecular weight is 326 g/mol. The molecule has 0 saturated heterocycles. The Bertz CT molecular complexity index is 499. The molecule has 122 valence electrons. The van der Waals surface area contributed by atoms with Gasteiger partial charge in [-0.05, 0) is 58.6 Å². The van der Waals surface area contributed by atoms with Crippen molar-refractivity contribution in [2.24, 2.45) is 0 Å². The molecule has 2 N–H and O–H groups in total. The normalized spacial score (nSPS) is 22.0. The minimum absolute atomic E-state index is 0.140. The lowest BCUT2D eigenvalue weighted by Crippen LogP contribution is -2.43. The fraction of sp³-hybridized carbons (Fsp3) is 0.625. The van der Waals surface area contributed by atoms with E-state index in [0.717, 1.165) is 31.4 Å². The monoisotopic (exact) mass is 325 g/mol.